The molecule has 114 valence electrons. The van der Waals surface area contributed by atoms with Gasteiger partial charge in [0.05, 0.1) is 5.92 Å². The van der Waals surface area contributed by atoms with Gasteiger partial charge in [-0.15, -0.1) is 0 Å². The van der Waals surface area contributed by atoms with Crippen LogP contribution >= 0.6 is 0 Å². The number of amides is 2. The standard InChI is InChI=1S/C15H14FN3O3/c16-11-3-1-2-9(6-11)12-7-13(22-18-12)15(21)19-5-4-10(8-19)14(17)20/h1-3,6-7,10H,4-5,8H2,(H2,17,20)/t10-/m1/s1. The van der Waals surface area contributed by atoms with Gasteiger partial charge in [-0.2, -0.15) is 0 Å². The van der Waals surface area contributed by atoms with Gasteiger partial charge in [-0.05, 0) is 18.6 Å². The van der Waals surface area contributed by atoms with Crippen molar-refractivity contribution in [2.45, 2.75) is 6.42 Å². The molecule has 0 radical (unpaired) electrons. The summed E-state index contributed by atoms with van der Waals surface area (Å²) in [6, 6.07) is 7.33. The summed E-state index contributed by atoms with van der Waals surface area (Å²) in [6.07, 6.45) is 0.548. The van der Waals surface area contributed by atoms with Gasteiger partial charge in [0, 0.05) is 24.7 Å². The number of carbonyl (C=O) groups excluding carboxylic acids is 2. The summed E-state index contributed by atoms with van der Waals surface area (Å²) in [5, 5.41) is 3.79. The SMILES string of the molecule is NC(=O)[C@@H]1CCN(C(=O)c2cc(-c3cccc(F)c3)no2)C1. The van der Waals surface area contributed by atoms with Gasteiger partial charge in [0.25, 0.3) is 5.91 Å². The average molecular weight is 303 g/mol. The molecule has 2 heterocycles. The number of carbonyl (C=O) groups is 2. The van der Waals surface area contributed by atoms with Crippen LogP contribution in [0.1, 0.15) is 17.0 Å². The van der Waals surface area contributed by atoms with E-state index < -0.39 is 11.7 Å². The molecule has 7 heteroatoms. The van der Waals surface area contributed by atoms with Crippen LogP contribution in [-0.4, -0.2) is 35.0 Å². The van der Waals surface area contributed by atoms with Crippen LogP contribution in [0, 0.1) is 11.7 Å². The van der Waals surface area contributed by atoms with Crippen molar-refractivity contribution < 1.29 is 18.5 Å². The molecular formula is C15H14FN3O3. The summed E-state index contributed by atoms with van der Waals surface area (Å²) in [5.41, 5.74) is 6.15. The van der Waals surface area contributed by atoms with E-state index in [1.807, 2.05) is 0 Å². The Labute approximate surface area is 125 Å². The van der Waals surface area contributed by atoms with E-state index in [0.29, 0.717) is 24.2 Å². The predicted molar refractivity (Wildman–Crippen MR) is 75.1 cm³/mol. The Morgan fingerprint density at radius 3 is 2.86 bits per heavy atom. The van der Waals surface area contributed by atoms with Crippen LogP contribution in [-0.2, 0) is 4.79 Å². The Kier molecular flexibility index (Phi) is 3.62. The number of hydrogen-bond acceptors (Lipinski definition) is 4. The third-order valence-electron chi connectivity index (χ3n) is 3.72. The van der Waals surface area contributed by atoms with Crippen molar-refractivity contribution >= 4 is 11.8 Å². The first-order valence-electron chi connectivity index (χ1n) is 6.86. The molecular weight excluding hydrogens is 289 g/mol. The first kappa shape index (κ1) is 14.2. The number of aromatic nitrogens is 1. The topological polar surface area (TPSA) is 89.4 Å². The van der Waals surface area contributed by atoms with Crippen LogP contribution in [0.15, 0.2) is 34.9 Å². The van der Waals surface area contributed by atoms with Crippen LogP contribution in [0.25, 0.3) is 11.3 Å². The lowest BCUT2D eigenvalue weighted by Gasteiger charge is -2.13. The summed E-state index contributed by atoms with van der Waals surface area (Å²) in [6.45, 7) is 0.729. The van der Waals surface area contributed by atoms with Crippen LogP contribution in [0.5, 0.6) is 0 Å². The minimum atomic E-state index is -0.409. The highest BCUT2D eigenvalue weighted by atomic mass is 19.1. The fourth-order valence-corrected chi connectivity index (χ4v) is 2.49. The number of benzene rings is 1. The van der Waals surface area contributed by atoms with E-state index >= 15 is 0 Å². The number of nitrogens with two attached hydrogens (primary N) is 1. The molecule has 1 atom stereocenters. The number of nitrogens with zero attached hydrogens (tertiary/aromatic N) is 2. The Hall–Kier alpha value is -2.70. The Bertz CT molecular complexity index is 728. The Morgan fingerprint density at radius 2 is 2.18 bits per heavy atom. The first-order chi connectivity index (χ1) is 10.5. The molecule has 0 aliphatic carbocycles. The van der Waals surface area contributed by atoms with Gasteiger partial charge in [0.1, 0.15) is 11.5 Å². The van der Waals surface area contributed by atoms with E-state index in [-0.39, 0.29) is 24.1 Å². The highest BCUT2D eigenvalue weighted by Gasteiger charge is 2.31. The lowest BCUT2D eigenvalue weighted by molar-refractivity contribution is -0.121. The molecule has 1 fully saturated rings. The highest BCUT2D eigenvalue weighted by molar-refractivity contribution is 5.93. The monoisotopic (exact) mass is 303 g/mol. The van der Waals surface area contributed by atoms with Gasteiger partial charge in [-0.25, -0.2) is 4.39 Å². The van der Waals surface area contributed by atoms with E-state index in [1.54, 1.807) is 12.1 Å². The molecule has 3 rings (SSSR count). The first-order valence-corrected chi connectivity index (χ1v) is 6.86. The normalized spacial score (nSPS) is 17.7. The van der Waals surface area contributed by atoms with Gasteiger partial charge in [0.15, 0.2) is 0 Å². The molecule has 6 nitrogen and oxygen atoms in total. The highest BCUT2D eigenvalue weighted by Crippen LogP contribution is 2.23. The Balaban J connectivity index is 1.77. The van der Waals surface area contributed by atoms with Gasteiger partial charge in [0.2, 0.25) is 11.7 Å². The van der Waals surface area contributed by atoms with Crippen molar-refractivity contribution in [2.24, 2.45) is 11.7 Å². The average Bonchev–Trinajstić information content (AvgIpc) is 3.16. The van der Waals surface area contributed by atoms with Crippen molar-refractivity contribution in [1.29, 1.82) is 0 Å². The molecule has 0 unspecified atom stereocenters. The number of primary amides is 1. The number of likely N-dealkylation sites (tertiary alicyclic amines) is 1. The largest absolute Gasteiger partial charge is 0.369 e. The molecule has 1 aliphatic heterocycles. The minimum Gasteiger partial charge on any atom is -0.369 e. The van der Waals surface area contributed by atoms with Crippen LogP contribution in [0.2, 0.25) is 0 Å². The van der Waals surface area contributed by atoms with Crippen LogP contribution < -0.4 is 5.73 Å². The maximum atomic E-state index is 13.2. The third kappa shape index (κ3) is 2.69. The lowest BCUT2D eigenvalue weighted by Crippen LogP contribution is -2.31. The van der Waals surface area contributed by atoms with Gasteiger partial charge in [-0.1, -0.05) is 17.3 Å². The maximum absolute atomic E-state index is 13.2. The zero-order chi connectivity index (χ0) is 15.7. The van der Waals surface area contributed by atoms with Crippen molar-refractivity contribution in [3.63, 3.8) is 0 Å². The van der Waals surface area contributed by atoms with Crippen molar-refractivity contribution in [3.05, 3.63) is 41.9 Å². The smallest absolute Gasteiger partial charge is 0.292 e. The molecule has 1 saturated heterocycles. The maximum Gasteiger partial charge on any atom is 0.292 e. The fourth-order valence-electron chi connectivity index (χ4n) is 2.49. The second kappa shape index (κ2) is 5.59. The summed E-state index contributed by atoms with van der Waals surface area (Å²) >= 11 is 0. The zero-order valence-corrected chi connectivity index (χ0v) is 11.7. The molecule has 1 aliphatic rings. The van der Waals surface area contributed by atoms with Crippen molar-refractivity contribution in [1.82, 2.24) is 10.1 Å². The van der Waals surface area contributed by atoms with Crippen LogP contribution in [0.3, 0.4) is 0 Å². The van der Waals surface area contributed by atoms with Crippen molar-refractivity contribution in [2.75, 3.05) is 13.1 Å². The molecule has 0 spiro atoms. The second-order valence-electron chi connectivity index (χ2n) is 5.23. The molecule has 2 amide bonds. The Morgan fingerprint density at radius 1 is 1.36 bits per heavy atom. The van der Waals surface area contributed by atoms with Gasteiger partial charge >= 0.3 is 0 Å². The number of hydrogen-bond donors (Lipinski definition) is 1. The predicted octanol–water partition coefficient (Wildman–Crippen LogP) is 1.43. The quantitative estimate of drug-likeness (QED) is 0.928. The van der Waals surface area contributed by atoms with Crippen LogP contribution in [0.4, 0.5) is 4.39 Å². The van der Waals surface area contributed by atoms with E-state index in [9.17, 15) is 14.0 Å². The molecule has 2 aromatic rings. The molecule has 22 heavy (non-hydrogen) atoms. The molecule has 0 bridgehead atoms. The summed E-state index contributed by atoms with van der Waals surface area (Å²) in [4.78, 5) is 24.9. The second-order valence-corrected chi connectivity index (χ2v) is 5.23. The fraction of sp³-hybridized carbons (Fsp3) is 0.267. The zero-order valence-electron chi connectivity index (χ0n) is 11.7. The summed E-state index contributed by atoms with van der Waals surface area (Å²) < 4.78 is 18.3. The molecule has 0 saturated carbocycles. The van der Waals surface area contributed by atoms with Crippen molar-refractivity contribution in [3.8, 4) is 11.3 Å². The third-order valence-corrected chi connectivity index (χ3v) is 3.72. The lowest BCUT2D eigenvalue weighted by atomic mass is 10.1. The number of halogens is 1. The van der Waals surface area contributed by atoms with E-state index in [1.165, 1.54) is 23.1 Å². The van der Waals surface area contributed by atoms with E-state index in [4.69, 9.17) is 10.3 Å². The summed E-state index contributed by atoms with van der Waals surface area (Å²) in [5.74, 6) is -1.41. The van der Waals surface area contributed by atoms with E-state index in [2.05, 4.69) is 5.16 Å². The van der Waals surface area contributed by atoms with Gasteiger partial charge in [-0.3, -0.25) is 9.59 Å². The molecule has 1 aromatic heterocycles. The van der Waals surface area contributed by atoms with E-state index in [0.717, 1.165) is 0 Å². The molecule has 2 N–H and O–H groups in total. The van der Waals surface area contributed by atoms with Gasteiger partial charge < -0.3 is 15.2 Å². The number of rotatable bonds is 3. The summed E-state index contributed by atoms with van der Waals surface area (Å²) in [7, 11) is 0. The minimum absolute atomic E-state index is 0.0596. The molecule has 1 aromatic carbocycles.